The Labute approximate surface area is 390 Å². The van der Waals surface area contributed by atoms with Gasteiger partial charge in [-0.25, -0.2) is 0 Å². The molecule has 0 amide bonds. The molecule has 2 aliphatic rings. The normalized spacial score (nSPS) is 19.4. The van der Waals surface area contributed by atoms with Gasteiger partial charge in [-0.15, -0.1) is 22.7 Å². The second-order valence-electron chi connectivity index (χ2n) is 17.6. The lowest BCUT2D eigenvalue weighted by Gasteiger charge is -2.25. The Bertz CT molecular complexity index is 3160. The van der Waals surface area contributed by atoms with E-state index >= 15 is 52.7 Å². The van der Waals surface area contributed by atoms with Crippen molar-refractivity contribution in [1.82, 2.24) is 9.13 Å². The smallest absolute Gasteiger partial charge is 0.347 e. The molecule has 9 rings (SSSR count). The van der Waals surface area contributed by atoms with Gasteiger partial charge in [-0.1, -0.05) is 60.7 Å². The highest BCUT2D eigenvalue weighted by molar-refractivity contribution is 7.13. The van der Waals surface area contributed by atoms with E-state index in [0.717, 1.165) is 22.7 Å². The number of hydrogen-bond donors (Lipinski definition) is 0. The molecule has 16 heteroatoms. The van der Waals surface area contributed by atoms with Crippen molar-refractivity contribution in [3.8, 4) is 0 Å². The monoisotopic (exact) mass is 984 g/mol. The number of allylic oxidation sites excluding steroid dienone is 4. The number of aryl methyl sites for hydroxylation is 6. The zero-order valence-electron chi connectivity index (χ0n) is 37.5. The predicted octanol–water partition coefficient (Wildman–Crippen LogP) is 16.6. The molecule has 4 heterocycles. The summed E-state index contributed by atoms with van der Waals surface area (Å²) >= 11 is 1.51. The number of thiophene rings is 2. The van der Waals surface area contributed by atoms with Gasteiger partial charge >= 0.3 is 35.5 Å². The van der Waals surface area contributed by atoms with Crippen LogP contribution in [0.15, 0.2) is 72.8 Å². The third kappa shape index (κ3) is 6.51. The minimum absolute atomic E-state index is 0.0906. The van der Waals surface area contributed by atoms with Gasteiger partial charge in [0.15, 0.2) is 0 Å². The summed E-state index contributed by atoms with van der Waals surface area (Å²) in [6, 6.07) is 19.6. The molecular formula is C52H40F12N2S2. The number of halogens is 12. The SMILES string of the molecule is Cc1cc(C)c(C2=C(c3c(C)n(C)c4ccc(/C=C/c5ccc(/C=C/c6ccc7c(c6)c(C6=C(c8sc(C)cc8C)C(F)(F)C(F)(F)C6(F)F)c(C)n7C)cc5)cc34)C(F)(F)C(F)(F)C2(F)F)s1. The van der Waals surface area contributed by atoms with E-state index in [1.165, 1.54) is 61.1 Å². The summed E-state index contributed by atoms with van der Waals surface area (Å²) in [5, 5.41) is 0.181. The quantitative estimate of drug-likeness (QED) is 0.106. The van der Waals surface area contributed by atoms with Crippen LogP contribution in [-0.4, -0.2) is 44.7 Å². The zero-order valence-corrected chi connectivity index (χ0v) is 39.1. The van der Waals surface area contributed by atoms with E-state index in [9.17, 15) is 0 Å². The number of aromatic nitrogens is 2. The van der Waals surface area contributed by atoms with Gasteiger partial charge in [0.05, 0.1) is 11.1 Å². The van der Waals surface area contributed by atoms with Crippen LogP contribution >= 0.6 is 22.7 Å². The van der Waals surface area contributed by atoms with Gasteiger partial charge in [0.25, 0.3) is 0 Å². The van der Waals surface area contributed by atoms with Crippen molar-refractivity contribution in [3.63, 3.8) is 0 Å². The molecule has 0 spiro atoms. The fraction of sp³-hybridized carbons (Fsp3) is 0.269. The molecule has 3 aromatic carbocycles. The standard InChI is InChI=1S/C52H40F12N2S2/c1-25-21-27(3)67-45(25)43-41(47(53,54)51(61,62)49(43,57)58)39-29(5)65(7)37-19-17-33(23-35(37)39)15-13-31-9-11-32(12-10-31)14-16-34-18-20-38-36(24-34)40(30(6)66(38)8)42-44(46-26(2)22-28(4)68-46)50(59,60)52(63,64)48(42,55)56/h9-24H,1-8H3/b15-13+,16-14+. The van der Waals surface area contributed by atoms with Crippen LogP contribution in [-0.2, 0) is 14.1 Å². The first kappa shape index (κ1) is 47.3. The summed E-state index contributed by atoms with van der Waals surface area (Å²) in [5.41, 5.74) is -2.74. The predicted molar refractivity (Wildman–Crippen MR) is 251 cm³/mol. The van der Waals surface area contributed by atoms with E-state index < -0.39 is 57.8 Å². The molecule has 7 aromatic rings. The average Bonchev–Trinajstić information content (AvgIpc) is 3.97. The Morgan fingerprint density at radius 1 is 0.397 bits per heavy atom. The van der Waals surface area contributed by atoms with Crippen molar-refractivity contribution in [1.29, 1.82) is 0 Å². The molecule has 0 radical (unpaired) electrons. The van der Waals surface area contributed by atoms with E-state index in [-0.39, 0.29) is 54.2 Å². The van der Waals surface area contributed by atoms with Gasteiger partial charge < -0.3 is 9.13 Å². The topological polar surface area (TPSA) is 9.86 Å². The number of hydrogen-bond acceptors (Lipinski definition) is 2. The van der Waals surface area contributed by atoms with Crippen molar-refractivity contribution in [2.75, 3.05) is 0 Å². The van der Waals surface area contributed by atoms with Gasteiger partial charge in [0, 0.05) is 89.1 Å². The third-order valence-corrected chi connectivity index (χ3v) is 15.6. The molecule has 68 heavy (non-hydrogen) atoms. The van der Waals surface area contributed by atoms with Crippen molar-refractivity contribution in [2.45, 2.75) is 77.1 Å². The van der Waals surface area contributed by atoms with Crippen LogP contribution in [0.5, 0.6) is 0 Å². The molecule has 354 valence electrons. The molecule has 0 atom stereocenters. The van der Waals surface area contributed by atoms with Gasteiger partial charge in [0.1, 0.15) is 0 Å². The molecular weight excluding hydrogens is 945 g/mol. The number of fused-ring (bicyclic) bond motifs is 2. The van der Waals surface area contributed by atoms with Crippen LogP contribution in [0, 0.1) is 41.5 Å². The van der Waals surface area contributed by atoms with Gasteiger partial charge in [-0.3, -0.25) is 0 Å². The third-order valence-electron chi connectivity index (χ3n) is 13.3. The van der Waals surface area contributed by atoms with Crippen LogP contribution in [0.3, 0.4) is 0 Å². The van der Waals surface area contributed by atoms with Crippen molar-refractivity contribution in [3.05, 3.63) is 148 Å². The van der Waals surface area contributed by atoms with E-state index in [0.29, 0.717) is 43.0 Å². The minimum atomic E-state index is -5.70. The Morgan fingerprint density at radius 3 is 1.00 bits per heavy atom. The molecule has 0 bridgehead atoms. The highest BCUT2D eigenvalue weighted by atomic mass is 32.1. The number of rotatable bonds is 8. The second-order valence-corrected chi connectivity index (χ2v) is 20.1. The zero-order chi connectivity index (χ0) is 49.6. The molecule has 0 unspecified atom stereocenters. The summed E-state index contributed by atoms with van der Waals surface area (Å²) in [6.45, 7) is 8.85. The molecule has 4 aromatic heterocycles. The lowest BCUT2D eigenvalue weighted by molar-refractivity contribution is -0.254. The van der Waals surface area contributed by atoms with Crippen LogP contribution in [0.2, 0.25) is 0 Å². The summed E-state index contributed by atoms with van der Waals surface area (Å²) in [7, 11) is 3.09. The number of nitrogens with zero attached hydrogens (tertiary/aromatic N) is 2. The first-order chi connectivity index (χ1) is 31.6. The lowest BCUT2D eigenvalue weighted by Crippen LogP contribution is -2.48. The van der Waals surface area contributed by atoms with E-state index in [4.69, 9.17) is 0 Å². The first-order valence-electron chi connectivity index (χ1n) is 21.1. The summed E-state index contributed by atoms with van der Waals surface area (Å²) in [5.74, 6) is -32.2. The van der Waals surface area contributed by atoms with Crippen LogP contribution < -0.4 is 0 Å². The maximum Gasteiger partial charge on any atom is 0.380 e. The average molecular weight is 985 g/mol. The summed E-state index contributed by atoms with van der Waals surface area (Å²) in [4.78, 5) is 0.348. The Hall–Kier alpha value is -5.74. The van der Waals surface area contributed by atoms with Gasteiger partial charge in [-0.05, 0) is 111 Å². The van der Waals surface area contributed by atoms with E-state index in [1.54, 1.807) is 101 Å². The van der Waals surface area contributed by atoms with Crippen LogP contribution in [0.4, 0.5) is 52.7 Å². The fourth-order valence-corrected chi connectivity index (χ4v) is 11.8. The van der Waals surface area contributed by atoms with Crippen molar-refractivity contribution < 1.29 is 52.7 Å². The van der Waals surface area contributed by atoms with Crippen molar-refractivity contribution >= 4 is 91.1 Å². The summed E-state index contributed by atoms with van der Waals surface area (Å²) in [6.07, 6.45) is 6.73. The van der Waals surface area contributed by atoms with Gasteiger partial charge in [-0.2, -0.15) is 52.7 Å². The lowest BCUT2D eigenvalue weighted by atomic mass is 9.94. The van der Waals surface area contributed by atoms with E-state index in [2.05, 4.69) is 0 Å². The Morgan fingerprint density at radius 2 is 0.691 bits per heavy atom. The highest BCUT2D eigenvalue weighted by Crippen LogP contribution is 2.68. The minimum Gasteiger partial charge on any atom is -0.347 e. The molecule has 2 aliphatic carbocycles. The Balaban J connectivity index is 1.04. The highest BCUT2D eigenvalue weighted by Gasteiger charge is 2.82. The number of benzene rings is 3. The second kappa shape index (κ2) is 15.4. The Kier molecular flexibility index (Phi) is 10.7. The molecule has 0 saturated carbocycles. The molecule has 0 N–H and O–H groups in total. The molecule has 0 fully saturated rings. The van der Waals surface area contributed by atoms with Crippen LogP contribution in [0.25, 0.3) is 68.4 Å². The maximum atomic E-state index is 15.9. The fourth-order valence-electron chi connectivity index (χ4n) is 9.63. The van der Waals surface area contributed by atoms with Crippen molar-refractivity contribution in [2.24, 2.45) is 14.1 Å². The number of alkyl halides is 12. The van der Waals surface area contributed by atoms with Gasteiger partial charge in [0.2, 0.25) is 0 Å². The molecule has 0 aliphatic heterocycles. The summed E-state index contributed by atoms with van der Waals surface area (Å²) < 4.78 is 190. The molecule has 0 saturated heterocycles. The van der Waals surface area contributed by atoms with Crippen LogP contribution in [0.1, 0.15) is 75.4 Å². The molecule has 2 nitrogen and oxygen atoms in total. The van der Waals surface area contributed by atoms with E-state index in [1.807, 2.05) is 0 Å². The largest absolute Gasteiger partial charge is 0.380 e. The first-order valence-corrected chi connectivity index (χ1v) is 22.8. The maximum absolute atomic E-state index is 15.9.